The lowest BCUT2D eigenvalue weighted by molar-refractivity contribution is 0.0938. The quantitative estimate of drug-likeness (QED) is 0.413. The Morgan fingerprint density at radius 1 is 1.46 bits per heavy atom. The first kappa shape index (κ1) is 12.6. The van der Waals surface area contributed by atoms with E-state index in [0.717, 1.165) is 19.3 Å². The van der Waals surface area contributed by atoms with Crippen LogP contribution in [0.15, 0.2) is 12.2 Å². The molecule has 0 fully saturated rings. The van der Waals surface area contributed by atoms with Crippen molar-refractivity contribution in [3.8, 4) is 0 Å². The van der Waals surface area contributed by atoms with Gasteiger partial charge in [0.05, 0.1) is 0 Å². The molecule has 13 heavy (non-hydrogen) atoms. The third-order valence-electron chi connectivity index (χ3n) is 2.08. The van der Waals surface area contributed by atoms with Crippen molar-refractivity contribution in [3.63, 3.8) is 0 Å². The largest absolute Gasteiger partial charge is 0.365 e. The second-order valence-corrected chi connectivity index (χ2v) is 3.11. The predicted octanol–water partition coefficient (Wildman–Crippen LogP) is 1.21. The van der Waals surface area contributed by atoms with Crippen molar-refractivity contribution >= 4 is 0 Å². The molecule has 0 rings (SSSR count). The number of hydrogen-bond acceptors (Lipinski definition) is 3. The van der Waals surface area contributed by atoms with Crippen LogP contribution in [0, 0.1) is 0 Å². The number of allylic oxidation sites excluding steroid dienone is 2. The lowest BCUT2D eigenvalue weighted by Crippen LogP contribution is -2.45. The maximum Gasteiger partial charge on any atom is 0.160 e. The second-order valence-electron chi connectivity index (χ2n) is 3.11. The maximum absolute atomic E-state index is 9.28. The van der Waals surface area contributed by atoms with Crippen molar-refractivity contribution in [3.05, 3.63) is 12.2 Å². The Labute approximate surface area is 81.2 Å². The highest BCUT2D eigenvalue weighted by Crippen LogP contribution is 2.02. The van der Waals surface area contributed by atoms with Crippen molar-refractivity contribution in [2.45, 2.75) is 45.5 Å². The Bertz CT molecular complexity index is 137. The van der Waals surface area contributed by atoms with Crippen molar-refractivity contribution in [1.29, 1.82) is 0 Å². The van der Waals surface area contributed by atoms with E-state index in [9.17, 15) is 5.11 Å². The highest BCUT2D eigenvalue weighted by atomic mass is 16.3. The molecule has 0 aliphatic heterocycles. The lowest BCUT2D eigenvalue weighted by Gasteiger charge is -2.20. The molecule has 3 N–H and O–H groups in total. The van der Waals surface area contributed by atoms with Crippen LogP contribution in [0.5, 0.6) is 0 Å². The summed E-state index contributed by atoms with van der Waals surface area (Å²) in [6.07, 6.45) is 6.79. The van der Waals surface area contributed by atoms with Gasteiger partial charge in [0.1, 0.15) is 0 Å². The molecular formula is C10H22N2O. The molecule has 3 nitrogen and oxygen atoms in total. The molecule has 0 spiro atoms. The van der Waals surface area contributed by atoms with Gasteiger partial charge in [-0.3, -0.25) is 10.6 Å². The first-order chi connectivity index (χ1) is 6.24. The average Bonchev–Trinajstić information content (AvgIpc) is 2.16. The molecule has 3 heteroatoms. The van der Waals surface area contributed by atoms with E-state index in [1.165, 1.54) is 0 Å². The average molecular weight is 186 g/mol. The second kappa shape index (κ2) is 8.23. The summed E-state index contributed by atoms with van der Waals surface area (Å²) in [6.45, 7) is 4.15. The van der Waals surface area contributed by atoms with E-state index in [4.69, 9.17) is 0 Å². The van der Waals surface area contributed by atoms with Crippen LogP contribution in [0.25, 0.3) is 0 Å². The van der Waals surface area contributed by atoms with Crippen molar-refractivity contribution in [2.75, 3.05) is 7.05 Å². The van der Waals surface area contributed by atoms with E-state index < -0.39 is 6.35 Å². The first-order valence-electron chi connectivity index (χ1n) is 4.97. The summed E-state index contributed by atoms with van der Waals surface area (Å²) in [4.78, 5) is 0. The van der Waals surface area contributed by atoms with Crippen LogP contribution in [0.1, 0.15) is 33.1 Å². The zero-order valence-corrected chi connectivity index (χ0v) is 8.88. The Balaban J connectivity index is 3.62. The fourth-order valence-electron chi connectivity index (χ4n) is 1.18. The molecule has 0 aromatic carbocycles. The van der Waals surface area contributed by atoms with Gasteiger partial charge >= 0.3 is 0 Å². The van der Waals surface area contributed by atoms with Crippen LogP contribution < -0.4 is 10.6 Å². The number of hydrogen-bond donors (Lipinski definition) is 3. The Hall–Kier alpha value is -0.380. The van der Waals surface area contributed by atoms with Gasteiger partial charge < -0.3 is 5.11 Å². The Morgan fingerprint density at radius 3 is 2.62 bits per heavy atom. The molecule has 0 aromatic heterocycles. The molecule has 0 heterocycles. The van der Waals surface area contributed by atoms with Crippen molar-refractivity contribution in [2.24, 2.45) is 0 Å². The van der Waals surface area contributed by atoms with Gasteiger partial charge in [0, 0.05) is 6.04 Å². The lowest BCUT2D eigenvalue weighted by atomic mass is 10.1. The summed E-state index contributed by atoms with van der Waals surface area (Å²) in [5, 5.41) is 15.1. The number of rotatable bonds is 7. The van der Waals surface area contributed by atoms with E-state index in [0.29, 0.717) is 6.04 Å². The first-order valence-corrected chi connectivity index (χ1v) is 4.97. The standard InChI is InChI=1S/C10H22N2O/c1-4-6-7-8-9(5-2)12-10(13)11-3/h4,6,9-13H,5,7-8H2,1-3H3/b6-4-. The minimum atomic E-state index is -0.587. The Morgan fingerprint density at radius 2 is 2.15 bits per heavy atom. The van der Waals surface area contributed by atoms with E-state index in [1.54, 1.807) is 7.05 Å². The summed E-state index contributed by atoms with van der Waals surface area (Å²) in [5.74, 6) is 0. The van der Waals surface area contributed by atoms with Crippen LogP contribution >= 0.6 is 0 Å². The van der Waals surface area contributed by atoms with Crippen LogP contribution in [-0.4, -0.2) is 24.5 Å². The fraction of sp³-hybridized carbons (Fsp3) is 0.800. The molecule has 0 saturated heterocycles. The van der Waals surface area contributed by atoms with Gasteiger partial charge in [-0.05, 0) is 33.2 Å². The van der Waals surface area contributed by atoms with Gasteiger partial charge in [0.15, 0.2) is 6.35 Å². The molecule has 2 unspecified atom stereocenters. The fourth-order valence-corrected chi connectivity index (χ4v) is 1.18. The number of nitrogens with one attached hydrogen (secondary N) is 2. The SMILES string of the molecule is C/C=C\CCC(CC)NC(O)NC. The highest BCUT2D eigenvalue weighted by Gasteiger charge is 2.07. The zero-order chi connectivity index (χ0) is 10.1. The topological polar surface area (TPSA) is 44.3 Å². The van der Waals surface area contributed by atoms with Gasteiger partial charge in [0.2, 0.25) is 0 Å². The van der Waals surface area contributed by atoms with E-state index in [1.807, 2.05) is 6.92 Å². The summed E-state index contributed by atoms with van der Waals surface area (Å²) in [6, 6.07) is 0.388. The van der Waals surface area contributed by atoms with Gasteiger partial charge in [-0.15, -0.1) is 0 Å². The molecule has 0 aliphatic rings. The van der Waals surface area contributed by atoms with E-state index in [2.05, 4.69) is 29.7 Å². The van der Waals surface area contributed by atoms with Crippen LogP contribution in [0.3, 0.4) is 0 Å². The third kappa shape index (κ3) is 6.75. The van der Waals surface area contributed by atoms with Crippen LogP contribution in [-0.2, 0) is 0 Å². The molecular weight excluding hydrogens is 164 g/mol. The number of aliphatic hydroxyl groups is 1. The maximum atomic E-state index is 9.28. The minimum absolute atomic E-state index is 0.388. The molecule has 0 amide bonds. The summed E-state index contributed by atoms with van der Waals surface area (Å²) in [7, 11) is 1.73. The van der Waals surface area contributed by atoms with Crippen LogP contribution in [0.4, 0.5) is 0 Å². The van der Waals surface area contributed by atoms with Gasteiger partial charge in [0.25, 0.3) is 0 Å². The molecule has 0 saturated carbocycles. The molecule has 0 aliphatic carbocycles. The van der Waals surface area contributed by atoms with Gasteiger partial charge in [-0.25, -0.2) is 0 Å². The molecule has 0 bridgehead atoms. The molecule has 2 atom stereocenters. The molecule has 0 radical (unpaired) electrons. The van der Waals surface area contributed by atoms with E-state index >= 15 is 0 Å². The smallest absolute Gasteiger partial charge is 0.160 e. The summed E-state index contributed by atoms with van der Waals surface area (Å²) < 4.78 is 0. The van der Waals surface area contributed by atoms with Gasteiger partial charge in [-0.2, -0.15) is 0 Å². The Kier molecular flexibility index (Phi) is 7.99. The molecule has 78 valence electrons. The predicted molar refractivity (Wildman–Crippen MR) is 56.3 cm³/mol. The summed E-state index contributed by atoms with van der Waals surface area (Å²) >= 11 is 0. The summed E-state index contributed by atoms with van der Waals surface area (Å²) in [5.41, 5.74) is 0. The monoisotopic (exact) mass is 186 g/mol. The normalized spacial score (nSPS) is 16.3. The van der Waals surface area contributed by atoms with Crippen molar-refractivity contribution in [1.82, 2.24) is 10.6 Å². The van der Waals surface area contributed by atoms with Crippen LogP contribution in [0.2, 0.25) is 0 Å². The molecule has 0 aromatic rings. The van der Waals surface area contributed by atoms with Gasteiger partial charge in [-0.1, -0.05) is 19.1 Å². The van der Waals surface area contributed by atoms with Crippen molar-refractivity contribution < 1.29 is 5.11 Å². The van der Waals surface area contributed by atoms with E-state index in [-0.39, 0.29) is 0 Å². The minimum Gasteiger partial charge on any atom is -0.365 e. The highest BCUT2D eigenvalue weighted by molar-refractivity contribution is 4.79. The zero-order valence-electron chi connectivity index (χ0n) is 8.88. The third-order valence-corrected chi connectivity index (χ3v) is 2.08. The number of aliphatic hydroxyl groups excluding tert-OH is 1.